The molecule has 0 bridgehead atoms. The Morgan fingerprint density at radius 1 is 1.22 bits per heavy atom. The molecule has 2 unspecified atom stereocenters. The molecule has 1 amide bonds. The van der Waals surface area contributed by atoms with Gasteiger partial charge in [-0.05, 0) is 38.0 Å². The largest absolute Gasteiger partial charge is 0.356 e. The van der Waals surface area contributed by atoms with Crippen molar-refractivity contribution in [3.8, 4) is 0 Å². The molecular weight excluding hydrogens is 352 g/mol. The number of nitrogens with two attached hydrogens (primary N) is 1. The van der Waals surface area contributed by atoms with Gasteiger partial charge in [-0.25, -0.2) is 8.42 Å². The van der Waals surface area contributed by atoms with E-state index in [-0.39, 0.29) is 49.3 Å². The van der Waals surface area contributed by atoms with Crippen LogP contribution in [0.2, 0.25) is 0 Å². The Hall–Kier alpha value is -0.510. The lowest BCUT2D eigenvalue weighted by Gasteiger charge is -2.31. The van der Waals surface area contributed by atoms with Crippen LogP contribution in [0.15, 0.2) is 0 Å². The smallest absolute Gasteiger partial charge is 0.350 e. The Kier molecular flexibility index (Phi) is 7.63. The van der Waals surface area contributed by atoms with Gasteiger partial charge >= 0.3 is 5.76 Å². The van der Waals surface area contributed by atoms with E-state index in [1.807, 2.05) is 0 Å². The minimum Gasteiger partial charge on any atom is -0.356 e. The van der Waals surface area contributed by atoms with Crippen LogP contribution in [-0.2, 0) is 14.8 Å². The van der Waals surface area contributed by atoms with E-state index in [2.05, 4.69) is 5.32 Å². The molecule has 0 aromatic rings. The SMILES string of the molecule is Cl.NC1CCC(C(=O)NCC2CCN(S(=O)(=O)C(F)F)CC2)C1. The van der Waals surface area contributed by atoms with Crippen LogP contribution < -0.4 is 11.1 Å². The fourth-order valence-electron chi connectivity index (χ4n) is 3.12. The third-order valence-corrected chi connectivity index (χ3v) is 6.10. The van der Waals surface area contributed by atoms with Crippen molar-refractivity contribution in [3.05, 3.63) is 0 Å². The van der Waals surface area contributed by atoms with Gasteiger partial charge in [-0.15, -0.1) is 12.4 Å². The van der Waals surface area contributed by atoms with Gasteiger partial charge in [0.05, 0.1) is 0 Å². The van der Waals surface area contributed by atoms with Crippen LogP contribution in [0, 0.1) is 11.8 Å². The van der Waals surface area contributed by atoms with Crippen molar-refractivity contribution in [2.45, 2.75) is 43.9 Å². The fraction of sp³-hybridized carbons (Fsp3) is 0.923. The number of carbonyl (C=O) groups excluding carboxylic acids is 1. The summed E-state index contributed by atoms with van der Waals surface area (Å²) in [5.74, 6) is -3.27. The second kappa shape index (κ2) is 8.55. The molecule has 6 nitrogen and oxygen atoms in total. The lowest BCUT2D eigenvalue weighted by atomic mass is 9.97. The van der Waals surface area contributed by atoms with E-state index < -0.39 is 15.8 Å². The second-order valence-corrected chi connectivity index (χ2v) is 8.07. The van der Waals surface area contributed by atoms with Crippen molar-refractivity contribution in [1.29, 1.82) is 0 Å². The first kappa shape index (κ1) is 20.5. The quantitative estimate of drug-likeness (QED) is 0.747. The number of nitrogens with one attached hydrogen (secondary N) is 1. The first-order valence-corrected chi connectivity index (χ1v) is 9.11. The molecule has 2 atom stereocenters. The van der Waals surface area contributed by atoms with Crippen LogP contribution in [0.3, 0.4) is 0 Å². The van der Waals surface area contributed by atoms with Crippen molar-refractivity contribution in [2.75, 3.05) is 19.6 Å². The highest BCUT2D eigenvalue weighted by Crippen LogP contribution is 2.25. The standard InChI is InChI=1S/C13H23F2N3O3S.ClH/c14-13(15)22(20,21)18-5-3-9(4-6-18)8-17-12(19)10-1-2-11(16)7-10;/h9-11,13H,1-8,16H2,(H,17,19);1H. The van der Waals surface area contributed by atoms with E-state index >= 15 is 0 Å². The Labute approximate surface area is 141 Å². The zero-order chi connectivity index (χ0) is 16.3. The summed E-state index contributed by atoms with van der Waals surface area (Å²) in [6.07, 6.45) is 3.34. The van der Waals surface area contributed by atoms with E-state index in [4.69, 9.17) is 5.73 Å². The first-order valence-electron chi connectivity index (χ1n) is 7.61. The number of hydrogen-bond acceptors (Lipinski definition) is 4. The topological polar surface area (TPSA) is 92.5 Å². The summed E-state index contributed by atoms with van der Waals surface area (Å²) in [6.45, 7) is 0.635. The number of amides is 1. The average molecular weight is 376 g/mol. The third kappa shape index (κ3) is 5.23. The van der Waals surface area contributed by atoms with Crippen LogP contribution in [-0.4, -0.2) is 50.1 Å². The van der Waals surface area contributed by atoms with Gasteiger partial charge in [-0.3, -0.25) is 4.79 Å². The predicted molar refractivity (Wildman–Crippen MR) is 84.8 cm³/mol. The number of alkyl halides is 2. The molecule has 1 saturated heterocycles. The molecule has 2 aliphatic rings. The molecule has 1 saturated carbocycles. The molecular formula is C13H24ClF2N3O3S. The Balaban J connectivity index is 0.00000264. The van der Waals surface area contributed by atoms with E-state index in [0.29, 0.717) is 25.8 Å². The Morgan fingerprint density at radius 2 is 1.83 bits per heavy atom. The number of hydrogen-bond donors (Lipinski definition) is 2. The minimum absolute atomic E-state index is 0. The summed E-state index contributed by atoms with van der Waals surface area (Å²) in [7, 11) is -4.48. The number of piperidine rings is 1. The molecule has 0 aromatic carbocycles. The number of sulfonamides is 1. The minimum atomic E-state index is -4.48. The molecule has 1 heterocycles. The maximum atomic E-state index is 12.5. The molecule has 2 rings (SSSR count). The zero-order valence-corrected chi connectivity index (χ0v) is 14.4. The highest BCUT2D eigenvalue weighted by Gasteiger charge is 2.35. The normalized spacial score (nSPS) is 27.0. The summed E-state index contributed by atoms with van der Waals surface area (Å²) in [6, 6.07) is 0.0959. The van der Waals surface area contributed by atoms with Gasteiger partial charge in [-0.1, -0.05) is 0 Å². The van der Waals surface area contributed by atoms with Gasteiger partial charge in [0, 0.05) is 31.6 Å². The summed E-state index contributed by atoms with van der Waals surface area (Å²) in [5.41, 5.74) is 5.78. The number of carbonyl (C=O) groups is 1. The van der Waals surface area contributed by atoms with Gasteiger partial charge in [0.2, 0.25) is 5.91 Å². The fourth-order valence-corrected chi connectivity index (χ4v) is 4.07. The van der Waals surface area contributed by atoms with E-state index in [1.54, 1.807) is 0 Å². The molecule has 0 radical (unpaired) electrons. The van der Waals surface area contributed by atoms with Crippen LogP contribution in [0.25, 0.3) is 0 Å². The van der Waals surface area contributed by atoms with Gasteiger partial charge in [0.25, 0.3) is 10.0 Å². The van der Waals surface area contributed by atoms with E-state index in [0.717, 1.165) is 17.1 Å². The van der Waals surface area contributed by atoms with Crippen molar-refractivity contribution in [1.82, 2.24) is 9.62 Å². The molecule has 1 aliphatic heterocycles. The molecule has 23 heavy (non-hydrogen) atoms. The maximum absolute atomic E-state index is 12.5. The van der Waals surface area contributed by atoms with Crippen LogP contribution in [0.1, 0.15) is 32.1 Å². The van der Waals surface area contributed by atoms with Gasteiger partial charge in [-0.2, -0.15) is 13.1 Å². The molecule has 2 fully saturated rings. The summed E-state index contributed by atoms with van der Waals surface area (Å²) >= 11 is 0. The number of halogens is 3. The maximum Gasteiger partial charge on any atom is 0.350 e. The van der Waals surface area contributed by atoms with Gasteiger partial charge in [0.1, 0.15) is 0 Å². The lowest BCUT2D eigenvalue weighted by molar-refractivity contribution is -0.125. The van der Waals surface area contributed by atoms with Crippen LogP contribution >= 0.6 is 12.4 Å². The highest BCUT2D eigenvalue weighted by atomic mass is 35.5. The summed E-state index contributed by atoms with van der Waals surface area (Å²) in [4.78, 5) is 12.0. The number of rotatable bonds is 5. The van der Waals surface area contributed by atoms with E-state index in [9.17, 15) is 22.0 Å². The molecule has 0 aromatic heterocycles. The third-order valence-electron chi connectivity index (χ3n) is 4.57. The molecule has 3 N–H and O–H groups in total. The Morgan fingerprint density at radius 3 is 2.30 bits per heavy atom. The highest BCUT2D eigenvalue weighted by molar-refractivity contribution is 7.89. The zero-order valence-electron chi connectivity index (χ0n) is 12.8. The first-order chi connectivity index (χ1) is 10.3. The lowest BCUT2D eigenvalue weighted by Crippen LogP contribution is -2.44. The van der Waals surface area contributed by atoms with Crippen molar-refractivity contribution >= 4 is 28.3 Å². The van der Waals surface area contributed by atoms with Crippen molar-refractivity contribution in [3.63, 3.8) is 0 Å². The van der Waals surface area contributed by atoms with E-state index in [1.165, 1.54) is 0 Å². The summed E-state index contributed by atoms with van der Waals surface area (Å²) < 4.78 is 48.5. The average Bonchev–Trinajstić information content (AvgIpc) is 2.91. The molecule has 1 aliphatic carbocycles. The molecule has 10 heteroatoms. The van der Waals surface area contributed by atoms with Crippen LogP contribution in [0.5, 0.6) is 0 Å². The number of nitrogens with zero attached hydrogens (tertiary/aromatic N) is 1. The van der Waals surface area contributed by atoms with Crippen LogP contribution in [0.4, 0.5) is 8.78 Å². The van der Waals surface area contributed by atoms with Gasteiger partial charge < -0.3 is 11.1 Å². The van der Waals surface area contributed by atoms with Crippen molar-refractivity contribution in [2.24, 2.45) is 17.6 Å². The Bertz CT molecular complexity index is 499. The molecule has 0 spiro atoms. The molecule has 136 valence electrons. The summed E-state index contributed by atoms with van der Waals surface area (Å²) in [5, 5.41) is 2.88. The predicted octanol–water partition coefficient (Wildman–Crippen LogP) is 0.916. The van der Waals surface area contributed by atoms with Crippen molar-refractivity contribution < 1.29 is 22.0 Å². The monoisotopic (exact) mass is 375 g/mol. The van der Waals surface area contributed by atoms with Gasteiger partial charge in [0.15, 0.2) is 0 Å². The second-order valence-electron chi connectivity index (χ2n) is 6.16.